The summed E-state index contributed by atoms with van der Waals surface area (Å²) in [5, 5.41) is 3.30. The van der Waals surface area contributed by atoms with E-state index in [1.54, 1.807) is 12.4 Å². The lowest BCUT2D eigenvalue weighted by molar-refractivity contribution is 0.311. The fraction of sp³-hybridized carbons (Fsp3) is 0.636. The van der Waals surface area contributed by atoms with Gasteiger partial charge in [-0.15, -0.1) is 0 Å². The molecular weight excluding hydrogens is 174 g/mol. The molecule has 0 aliphatic heterocycles. The van der Waals surface area contributed by atoms with Gasteiger partial charge >= 0.3 is 0 Å². The topological polar surface area (TPSA) is 37.8 Å². The lowest BCUT2D eigenvalue weighted by Gasteiger charge is -2.25. The Morgan fingerprint density at radius 1 is 1.21 bits per heavy atom. The van der Waals surface area contributed by atoms with Crippen molar-refractivity contribution in [3.8, 4) is 0 Å². The Morgan fingerprint density at radius 3 is 2.36 bits per heavy atom. The zero-order valence-electron chi connectivity index (χ0n) is 9.36. The fourth-order valence-electron chi connectivity index (χ4n) is 1.54. The maximum Gasteiger partial charge on any atom is 0.0758 e. The van der Waals surface area contributed by atoms with Gasteiger partial charge in [-0.1, -0.05) is 20.8 Å². The molecule has 14 heavy (non-hydrogen) atoms. The van der Waals surface area contributed by atoms with Crippen molar-refractivity contribution < 1.29 is 0 Å². The van der Waals surface area contributed by atoms with Crippen LogP contribution in [0.1, 0.15) is 32.5 Å². The zero-order valence-corrected chi connectivity index (χ0v) is 9.36. The molecule has 2 unspecified atom stereocenters. The second-order valence-electron chi connectivity index (χ2n) is 4.00. The van der Waals surface area contributed by atoms with Crippen LogP contribution in [0.4, 0.5) is 0 Å². The molecule has 1 aromatic heterocycles. The standard InChI is InChI=1S/C11H19N3/c1-8(2)9(3)11(12-4)10-7-13-5-6-14-10/h5-9,11-12H,1-4H3. The Kier molecular flexibility index (Phi) is 4.01. The first-order valence-electron chi connectivity index (χ1n) is 5.10. The van der Waals surface area contributed by atoms with Gasteiger partial charge in [0.25, 0.3) is 0 Å². The quantitative estimate of drug-likeness (QED) is 0.795. The van der Waals surface area contributed by atoms with Gasteiger partial charge in [0.2, 0.25) is 0 Å². The Hall–Kier alpha value is -0.960. The van der Waals surface area contributed by atoms with Crippen molar-refractivity contribution in [3.63, 3.8) is 0 Å². The van der Waals surface area contributed by atoms with Gasteiger partial charge in [-0.25, -0.2) is 0 Å². The van der Waals surface area contributed by atoms with Crippen LogP contribution in [-0.2, 0) is 0 Å². The molecule has 0 aliphatic carbocycles. The minimum Gasteiger partial charge on any atom is -0.311 e. The number of nitrogens with zero attached hydrogens (tertiary/aromatic N) is 2. The van der Waals surface area contributed by atoms with Gasteiger partial charge in [-0.3, -0.25) is 9.97 Å². The number of nitrogens with one attached hydrogen (secondary N) is 1. The number of aromatic nitrogens is 2. The van der Waals surface area contributed by atoms with Crippen LogP contribution in [-0.4, -0.2) is 17.0 Å². The Bertz CT molecular complexity index is 258. The monoisotopic (exact) mass is 193 g/mol. The van der Waals surface area contributed by atoms with Crippen LogP contribution in [0.15, 0.2) is 18.6 Å². The largest absolute Gasteiger partial charge is 0.311 e. The highest BCUT2D eigenvalue weighted by Crippen LogP contribution is 2.25. The van der Waals surface area contributed by atoms with Crippen LogP contribution in [0.5, 0.6) is 0 Å². The molecule has 1 rings (SSSR count). The molecule has 0 saturated heterocycles. The first-order valence-corrected chi connectivity index (χ1v) is 5.10. The van der Waals surface area contributed by atoms with E-state index in [0.717, 1.165) is 5.69 Å². The third kappa shape index (κ3) is 2.51. The molecule has 1 N–H and O–H groups in total. The Balaban J connectivity index is 2.82. The molecule has 2 atom stereocenters. The molecule has 1 heterocycles. The summed E-state index contributed by atoms with van der Waals surface area (Å²) in [6.07, 6.45) is 5.28. The summed E-state index contributed by atoms with van der Waals surface area (Å²) < 4.78 is 0. The van der Waals surface area contributed by atoms with E-state index in [2.05, 4.69) is 36.1 Å². The third-order valence-electron chi connectivity index (χ3n) is 2.79. The summed E-state index contributed by atoms with van der Waals surface area (Å²) in [6.45, 7) is 6.69. The van der Waals surface area contributed by atoms with E-state index >= 15 is 0 Å². The highest BCUT2D eigenvalue weighted by molar-refractivity contribution is 5.03. The number of hydrogen-bond acceptors (Lipinski definition) is 3. The molecule has 0 bridgehead atoms. The van der Waals surface area contributed by atoms with E-state index in [1.165, 1.54) is 0 Å². The van der Waals surface area contributed by atoms with Crippen LogP contribution in [0.25, 0.3) is 0 Å². The van der Waals surface area contributed by atoms with Gasteiger partial charge in [0.05, 0.1) is 11.7 Å². The zero-order chi connectivity index (χ0) is 10.6. The summed E-state index contributed by atoms with van der Waals surface area (Å²) in [7, 11) is 1.97. The molecule has 3 heteroatoms. The van der Waals surface area contributed by atoms with Crippen LogP contribution in [0, 0.1) is 11.8 Å². The molecule has 0 radical (unpaired) electrons. The van der Waals surface area contributed by atoms with Gasteiger partial charge in [-0.05, 0) is 18.9 Å². The molecule has 3 nitrogen and oxygen atoms in total. The maximum absolute atomic E-state index is 4.33. The molecule has 0 saturated carbocycles. The van der Waals surface area contributed by atoms with E-state index in [-0.39, 0.29) is 0 Å². The first-order chi connectivity index (χ1) is 6.66. The summed E-state index contributed by atoms with van der Waals surface area (Å²) in [5.74, 6) is 1.19. The molecule has 0 fully saturated rings. The van der Waals surface area contributed by atoms with Gasteiger partial charge in [0, 0.05) is 18.6 Å². The van der Waals surface area contributed by atoms with E-state index in [1.807, 2.05) is 13.2 Å². The Labute approximate surface area is 86.0 Å². The van der Waals surface area contributed by atoms with Crippen LogP contribution in [0.3, 0.4) is 0 Å². The minimum atomic E-state index is 0.295. The minimum absolute atomic E-state index is 0.295. The molecule has 0 amide bonds. The first kappa shape index (κ1) is 11.1. The summed E-state index contributed by atoms with van der Waals surface area (Å²) in [6, 6.07) is 0.295. The lowest BCUT2D eigenvalue weighted by atomic mass is 9.89. The van der Waals surface area contributed by atoms with Crippen LogP contribution in [0.2, 0.25) is 0 Å². The smallest absolute Gasteiger partial charge is 0.0758 e. The van der Waals surface area contributed by atoms with Gasteiger partial charge in [-0.2, -0.15) is 0 Å². The van der Waals surface area contributed by atoms with Crippen LogP contribution < -0.4 is 5.32 Å². The third-order valence-corrected chi connectivity index (χ3v) is 2.79. The van der Waals surface area contributed by atoms with Crippen LogP contribution >= 0.6 is 0 Å². The average Bonchev–Trinajstić information content (AvgIpc) is 2.20. The van der Waals surface area contributed by atoms with Gasteiger partial charge in [0.15, 0.2) is 0 Å². The predicted octanol–water partition coefficient (Wildman–Crippen LogP) is 2.03. The van der Waals surface area contributed by atoms with Crippen molar-refractivity contribution in [2.24, 2.45) is 11.8 Å². The Morgan fingerprint density at radius 2 is 1.93 bits per heavy atom. The van der Waals surface area contributed by atoms with Crippen molar-refractivity contribution >= 4 is 0 Å². The average molecular weight is 193 g/mol. The maximum atomic E-state index is 4.33. The van der Waals surface area contributed by atoms with E-state index in [9.17, 15) is 0 Å². The van der Waals surface area contributed by atoms with Crippen molar-refractivity contribution in [1.29, 1.82) is 0 Å². The SMILES string of the molecule is CNC(c1cnccn1)C(C)C(C)C. The van der Waals surface area contributed by atoms with Gasteiger partial charge in [0.1, 0.15) is 0 Å². The highest BCUT2D eigenvalue weighted by atomic mass is 14.9. The second kappa shape index (κ2) is 5.05. The summed E-state index contributed by atoms with van der Waals surface area (Å²) in [5.41, 5.74) is 1.02. The molecule has 0 aromatic carbocycles. The van der Waals surface area contributed by atoms with E-state index in [4.69, 9.17) is 0 Å². The van der Waals surface area contributed by atoms with Gasteiger partial charge < -0.3 is 5.32 Å². The molecule has 78 valence electrons. The van der Waals surface area contributed by atoms with E-state index in [0.29, 0.717) is 17.9 Å². The fourth-order valence-corrected chi connectivity index (χ4v) is 1.54. The molecule has 1 aromatic rings. The van der Waals surface area contributed by atoms with Crippen molar-refractivity contribution in [3.05, 3.63) is 24.3 Å². The summed E-state index contributed by atoms with van der Waals surface area (Å²) in [4.78, 5) is 8.42. The van der Waals surface area contributed by atoms with Crippen molar-refractivity contribution in [2.75, 3.05) is 7.05 Å². The van der Waals surface area contributed by atoms with Crippen molar-refractivity contribution in [2.45, 2.75) is 26.8 Å². The molecular formula is C11H19N3. The molecule has 0 spiro atoms. The van der Waals surface area contributed by atoms with Crippen molar-refractivity contribution in [1.82, 2.24) is 15.3 Å². The highest BCUT2D eigenvalue weighted by Gasteiger charge is 2.21. The lowest BCUT2D eigenvalue weighted by Crippen LogP contribution is -2.27. The number of hydrogen-bond donors (Lipinski definition) is 1. The molecule has 0 aliphatic rings. The second-order valence-corrected chi connectivity index (χ2v) is 4.00. The summed E-state index contributed by atoms with van der Waals surface area (Å²) >= 11 is 0. The predicted molar refractivity (Wildman–Crippen MR) is 57.8 cm³/mol. The normalized spacial score (nSPS) is 15.5. The van der Waals surface area contributed by atoms with E-state index < -0.39 is 0 Å². The number of rotatable bonds is 4.